The molecule has 19 heavy (non-hydrogen) atoms. The lowest BCUT2D eigenvalue weighted by molar-refractivity contribution is -0.131. The first-order chi connectivity index (χ1) is 8.82. The maximum absolute atomic E-state index is 13.6. The van der Waals surface area contributed by atoms with Crippen molar-refractivity contribution >= 4 is 22.9 Å². The first-order valence-corrected chi connectivity index (χ1v) is 5.66. The van der Waals surface area contributed by atoms with Crippen molar-refractivity contribution in [1.82, 2.24) is 14.5 Å². The predicted octanol–water partition coefficient (Wildman–Crippen LogP) is 1.55. The molecule has 0 fully saturated rings. The first kappa shape index (κ1) is 13.3. The van der Waals surface area contributed by atoms with E-state index in [2.05, 4.69) is 4.98 Å². The predicted molar refractivity (Wildman–Crippen MR) is 67.5 cm³/mol. The van der Waals surface area contributed by atoms with Crippen LogP contribution in [0.4, 0.5) is 14.7 Å². The number of aromatic nitrogens is 2. The third-order valence-electron chi connectivity index (χ3n) is 2.93. The second kappa shape index (κ2) is 4.49. The number of nitrogens with two attached hydrogens (primary N) is 1. The van der Waals surface area contributed by atoms with Gasteiger partial charge in [-0.1, -0.05) is 0 Å². The van der Waals surface area contributed by atoms with E-state index in [1.165, 1.54) is 9.47 Å². The summed E-state index contributed by atoms with van der Waals surface area (Å²) < 4.78 is 28.2. The van der Waals surface area contributed by atoms with Crippen molar-refractivity contribution in [2.45, 2.75) is 13.0 Å². The van der Waals surface area contributed by atoms with Crippen LogP contribution in [0, 0.1) is 11.6 Å². The topological polar surface area (TPSA) is 64.2 Å². The summed E-state index contributed by atoms with van der Waals surface area (Å²) in [4.78, 5) is 17.2. The van der Waals surface area contributed by atoms with Crippen molar-refractivity contribution in [1.29, 1.82) is 0 Å². The number of hydrogen-bond donors (Lipinski definition) is 1. The van der Waals surface area contributed by atoms with Gasteiger partial charge in [0.05, 0.1) is 5.52 Å². The van der Waals surface area contributed by atoms with Crippen molar-refractivity contribution in [3.8, 4) is 0 Å². The number of hydrogen-bond acceptors (Lipinski definition) is 3. The lowest BCUT2D eigenvalue weighted by Crippen LogP contribution is -2.30. The molecular formula is C12H14F2N4O. The molecule has 1 amide bonds. The van der Waals surface area contributed by atoms with E-state index in [4.69, 9.17) is 5.73 Å². The molecule has 0 saturated heterocycles. The molecule has 1 unspecified atom stereocenters. The number of carbonyl (C=O) groups is 1. The standard InChI is InChI=1S/C12H14F2N4O/c1-6(11(19)17(2)3)18-9-5-7(13)4-8(14)10(9)16-12(18)15/h4-6H,1-3H3,(H2,15,16). The second-order valence-electron chi connectivity index (χ2n) is 4.50. The van der Waals surface area contributed by atoms with Crippen LogP contribution in [0.25, 0.3) is 11.0 Å². The fourth-order valence-electron chi connectivity index (χ4n) is 2.03. The lowest BCUT2D eigenvalue weighted by atomic mass is 10.2. The Morgan fingerprint density at radius 3 is 2.63 bits per heavy atom. The van der Waals surface area contributed by atoms with Gasteiger partial charge in [0.2, 0.25) is 11.9 Å². The zero-order valence-electron chi connectivity index (χ0n) is 10.8. The summed E-state index contributed by atoms with van der Waals surface area (Å²) >= 11 is 0. The van der Waals surface area contributed by atoms with E-state index in [1.807, 2.05) is 0 Å². The molecule has 102 valence electrons. The fourth-order valence-corrected chi connectivity index (χ4v) is 2.03. The molecule has 1 aromatic heterocycles. The van der Waals surface area contributed by atoms with Gasteiger partial charge in [-0.15, -0.1) is 0 Å². The maximum atomic E-state index is 13.6. The molecule has 1 atom stereocenters. The van der Waals surface area contributed by atoms with Crippen LogP contribution in [0.1, 0.15) is 13.0 Å². The average Bonchev–Trinajstić information content (AvgIpc) is 2.64. The lowest BCUT2D eigenvalue weighted by Gasteiger charge is -2.19. The molecule has 0 bridgehead atoms. The van der Waals surface area contributed by atoms with Gasteiger partial charge in [0.15, 0.2) is 5.82 Å². The molecule has 0 spiro atoms. The first-order valence-electron chi connectivity index (χ1n) is 5.66. The van der Waals surface area contributed by atoms with E-state index in [9.17, 15) is 13.6 Å². The third kappa shape index (κ3) is 2.11. The molecule has 2 aromatic rings. The van der Waals surface area contributed by atoms with Gasteiger partial charge in [-0.2, -0.15) is 0 Å². The summed E-state index contributed by atoms with van der Waals surface area (Å²) in [7, 11) is 3.19. The number of halogens is 2. The van der Waals surface area contributed by atoms with Crippen molar-refractivity contribution in [2.75, 3.05) is 19.8 Å². The number of nitrogen functional groups attached to an aromatic ring is 1. The molecule has 7 heteroatoms. The summed E-state index contributed by atoms with van der Waals surface area (Å²) in [6.45, 7) is 1.60. The number of imidazole rings is 1. The quantitative estimate of drug-likeness (QED) is 0.898. The van der Waals surface area contributed by atoms with Crippen LogP contribution in [0.5, 0.6) is 0 Å². The largest absolute Gasteiger partial charge is 0.369 e. The highest BCUT2D eigenvalue weighted by molar-refractivity contribution is 5.85. The zero-order chi connectivity index (χ0) is 14.3. The van der Waals surface area contributed by atoms with E-state index < -0.39 is 17.7 Å². The molecule has 2 N–H and O–H groups in total. The van der Waals surface area contributed by atoms with E-state index in [0.717, 1.165) is 12.1 Å². The summed E-state index contributed by atoms with van der Waals surface area (Å²) in [6.07, 6.45) is 0. The smallest absolute Gasteiger partial charge is 0.244 e. The van der Waals surface area contributed by atoms with Gasteiger partial charge in [-0.3, -0.25) is 9.36 Å². The van der Waals surface area contributed by atoms with Crippen molar-refractivity contribution in [3.63, 3.8) is 0 Å². The Morgan fingerprint density at radius 2 is 2.05 bits per heavy atom. The average molecular weight is 268 g/mol. The highest BCUT2D eigenvalue weighted by Gasteiger charge is 2.23. The number of carbonyl (C=O) groups excluding carboxylic acids is 1. The molecule has 0 saturated carbocycles. The number of fused-ring (bicyclic) bond motifs is 1. The van der Waals surface area contributed by atoms with Crippen LogP contribution >= 0.6 is 0 Å². The summed E-state index contributed by atoms with van der Waals surface area (Å²) in [5, 5.41) is 0. The zero-order valence-corrected chi connectivity index (χ0v) is 10.8. The molecule has 1 aromatic carbocycles. The fraction of sp³-hybridized carbons (Fsp3) is 0.333. The van der Waals surface area contributed by atoms with Gasteiger partial charge in [-0.05, 0) is 6.92 Å². The molecule has 0 aliphatic rings. The number of benzene rings is 1. The molecule has 1 heterocycles. The van der Waals surface area contributed by atoms with Crippen LogP contribution in [0.15, 0.2) is 12.1 Å². The molecule has 0 radical (unpaired) electrons. The van der Waals surface area contributed by atoms with Crippen molar-refractivity contribution in [3.05, 3.63) is 23.8 Å². The van der Waals surface area contributed by atoms with E-state index >= 15 is 0 Å². The van der Waals surface area contributed by atoms with E-state index in [0.29, 0.717) is 0 Å². The van der Waals surface area contributed by atoms with Gasteiger partial charge in [0, 0.05) is 26.2 Å². The third-order valence-corrected chi connectivity index (χ3v) is 2.93. The monoisotopic (exact) mass is 268 g/mol. The van der Waals surface area contributed by atoms with E-state index in [-0.39, 0.29) is 22.9 Å². The molecule has 5 nitrogen and oxygen atoms in total. The van der Waals surface area contributed by atoms with Crippen LogP contribution in [-0.4, -0.2) is 34.5 Å². The van der Waals surface area contributed by atoms with Crippen LogP contribution in [0.2, 0.25) is 0 Å². The van der Waals surface area contributed by atoms with E-state index in [1.54, 1.807) is 21.0 Å². The molecular weight excluding hydrogens is 254 g/mol. The van der Waals surface area contributed by atoms with Crippen LogP contribution < -0.4 is 5.73 Å². The number of amides is 1. The molecule has 0 aliphatic heterocycles. The summed E-state index contributed by atoms with van der Waals surface area (Å²) in [5.74, 6) is -1.81. The Bertz CT molecular complexity index is 651. The molecule has 2 rings (SSSR count). The Morgan fingerprint density at radius 1 is 1.42 bits per heavy atom. The van der Waals surface area contributed by atoms with Crippen LogP contribution in [-0.2, 0) is 4.79 Å². The minimum absolute atomic E-state index is 0.0257. The van der Waals surface area contributed by atoms with Crippen molar-refractivity contribution in [2.24, 2.45) is 0 Å². The minimum Gasteiger partial charge on any atom is -0.369 e. The van der Waals surface area contributed by atoms with Gasteiger partial charge in [0.25, 0.3) is 0 Å². The van der Waals surface area contributed by atoms with Gasteiger partial charge in [0.1, 0.15) is 17.4 Å². The number of nitrogens with zero attached hydrogens (tertiary/aromatic N) is 3. The number of rotatable bonds is 2. The van der Waals surface area contributed by atoms with Gasteiger partial charge >= 0.3 is 0 Å². The van der Waals surface area contributed by atoms with Gasteiger partial charge in [-0.25, -0.2) is 13.8 Å². The number of anilines is 1. The Labute approximate surface area is 108 Å². The Balaban J connectivity index is 2.66. The summed E-state index contributed by atoms with van der Waals surface area (Å²) in [5.41, 5.74) is 5.82. The maximum Gasteiger partial charge on any atom is 0.244 e. The van der Waals surface area contributed by atoms with Gasteiger partial charge < -0.3 is 10.6 Å². The normalized spacial score (nSPS) is 12.7. The minimum atomic E-state index is -0.801. The Kier molecular flexibility index (Phi) is 3.13. The summed E-state index contributed by atoms with van der Waals surface area (Å²) in [6, 6.07) is 1.15. The second-order valence-corrected chi connectivity index (χ2v) is 4.50. The SMILES string of the molecule is CC(C(=O)N(C)C)n1c(N)nc2c(F)cc(F)cc21. The highest BCUT2D eigenvalue weighted by Crippen LogP contribution is 2.26. The highest BCUT2D eigenvalue weighted by atomic mass is 19.1. The Hall–Kier alpha value is -2.18. The van der Waals surface area contributed by atoms with Crippen LogP contribution in [0.3, 0.4) is 0 Å². The molecule has 0 aliphatic carbocycles. The number of likely N-dealkylation sites (N-methyl/N-ethyl adjacent to an activating group) is 1. The van der Waals surface area contributed by atoms with Crippen molar-refractivity contribution < 1.29 is 13.6 Å².